The quantitative estimate of drug-likeness (QED) is 0.465. The Kier molecular flexibility index (Phi) is 178. The zero-order valence-corrected chi connectivity index (χ0v) is 12.0. The third-order valence-corrected chi connectivity index (χ3v) is 0.816. The third-order valence-electron chi connectivity index (χ3n) is 0.816. The van der Waals surface area contributed by atoms with Crippen LogP contribution in [0.2, 0.25) is 0 Å². The number of hydrogen-bond acceptors (Lipinski definition) is 0. The van der Waals surface area contributed by atoms with Crippen LogP contribution in [0.3, 0.4) is 0 Å². The second-order valence-corrected chi connectivity index (χ2v) is 3.05. The minimum atomic E-state index is 0. The summed E-state index contributed by atoms with van der Waals surface area (Å²) in [6.07, 6.45) is 4.71. The minimum Gasteiger partial charge on any atom is -0.0776 e. The fraction of sp³-hybridized carbons (Fsp3) is 1.00. The molecule has 0 aliphatic rings. The van der Waals surface area contributed by atoms with Crippen molar-refractivity contribution in [2.24, 2.45) is 0 Å². The molecule has 0 aromatic rings. The van der Waals surface area contributed by atoms with E-state index in [4.69, 9.17) is 2.74 Å². The van der Waals surface area contributed by atoms with Gasteiger partial charge in [-0.3, -0.25) is 0 Å². The summed E-state index contributed by atoms with van der Waals surface area (Å²) in [4.78, 5) is 0. The van der Waals surface area contributed by atoms with Crippen LogP contribution in [0.4, 0.5) is 0 Å². The highest BCUT2D eigenvalue weighted by Gasteiger charge is 1.56. The second-order valence-electron chi connectivity index (χ2n) is 3.05. The molecule has 0 nitrogen and oxygen atoms in total. The molecule has 0 rings (SSSR count). The first-order valence-corrected chi connectivity index (χ1v) is 6.21. The average molecular weight is 257 g/mol. The first kappa shape index (κ1) is 30.2. The van der Waals surface area contributed by atoms with Gasteiger partial charge in [-0.1, -0.05) is 116 Å². The van der Waals surface area contributed by atoms with E-state index in [9.17, 15) is 0 Å². The van der Waals surface area contributed by atoms with Crippen molar-refractivity contribution < 1.29 is 2.74 Å². The molecule has 116 valence electrons. The lowest BCUT2D eigenvalue weighted by atomic mass is 10.4. The monoisotopic (exact) mass is 256 g/mol. The molecule has 17 heavy (non-hydrogen) atoms. The second kappa shape index (κ2) is 100. The summed E-state index contributed by atoms with van der Waals surface area (Å²) in [5.74, 6) is 0. The van der Waals surface area contributed by atoms with Crippen molar-refractivity contribution in [2.75, 3.05) is 0 Å². The fourth-order valence-corrected chi connectivity index (χ4v) is 0. The molecule has 0 aromatic carbocycles. The lowest BCUT2D eigenvalue weighted by molar-refractivity contribution is 0.886. The highest BCUT2D eigenvalue weighted by Crippen LogP contribution is 1.77. The summed E-state index contributed by atoms with van der Waals surface area (Å²) >= 11 is 0. The first-order chi connectivity index (χ1) is 7.37. The molecule has 0 spiro atoms. The predicted molar refractivity (Wildman–Crippen MR) is 93.3 cm³/mol. The Morgan fingerprint density at radius 3 is 0.588 bits per heavy atom. The molecule has 0 radical (unpaired) electrons. The van der Waals surface area contributed by atoms with Gasteiger partial charge in [-0.2, -0.15) is 0 Å². The molecule has 0 bridgehead atoms. The van der Waals surface area contributed by atoms with Crippen LogP contribution in [0, 0.1) is 0 Å². The molecule has 0 amide bonds. The van der Waals surface area contributed by atoms with Crippen LogP contribution in [-0.4, -0.2) is 0 Å². The van der Waals surface area contributed by atoms with Crippen molar-refractivity contribution in [1.82, 2.24) is 0 Å². The minimum absolute atomic E-state index is 0. The Bertz CT molecular complexity index is 61.7. The van der Waals surface area contributed by atoms with Gasteiger partial charge in [0.1, 0.15) is 0 Å². The fourth-order valence-electron chi connectivity index (χ4n) is 0. The Balaban J connectivity index is -0.0000000197. The summed E-state index contributed by atoms with van der Waals surface area (Å²) in [6, 6.07) is 0. The van der Waals surface area contributed by atoms with Crippen LogP contribution in [0.15, 0.2) is 0 Å². The topological polar surface area (TPSA) is 0 Å². The standard InChI is InChI=1S/2C4H10.2C3H8.3CH4/c2*1-3-4-2;2*1-3-2;;;/h2*3-4H2,1-2H3;2*3H2,1-2H3;3*1H4/i2*3T;;;;;. The maximum absolute atomic E-state index is 6.83. The van der Waals surface area contributed by atoms with Crippen LogP contribution in [-0.2, 0) is 0 Å². The normalized spacial score (nSPS) is 11.1. The SMILES string of the molecule is C.C.C.CCC.CCC.[3H]C(C)CC.[3H]C(C)CC. The summed E-state index contributed by atoms with van der Waals surface area (Å²) in [7, 11) is 0. The Labute approximate surface area is 119 Å². The van der Waals surface area contributed by atoms with E-state index in [0.29, 0.717) is 0 Å². The van der Waals surface area contributed by atoms with E-state index in [0.717, 1.165) is 12.8 Å². The van der Waals surface area contributed by atoms with E-state index >= 15 is 0 Å². The van der Waals surface area contributed by atoms with Gasteiger partial charge in [0.05, 0.1) is 0 Å². The maximum atomic E-state index is 6.83. The zero-order chi connectivity index (χ0) is 14.0. The van der Waals surface area contributed by atoms with Crippen LogP contribution in [0.1, 0.15) is 119 Å². The molecule has 0 N–H and O–H groups in total. The molecule has 0 heterocycles. The summed E-state index contributed by atoms with van der Waals surface area (Å²) in [5.41, 5.74) is 0. The van der Waals surface area contributed by atoms with Gasteiger partial charge in [0.15, 0.2) is 0 Å². The first-order valence-electron chi connectivity index (χ1n) is 7.37. The Morgan fingerprint density at radius 1 is 0.529 bits per heavy atom. The van der Waals surface area contributed by atoms with Crippen molar-refractivity contribution in [3.8, 4) is 0 Å². The molecule has 0 saturated carbocycles. The van der Waals surface area contributed by atoms with Crippen molar-refractivity contribution in [2.45, 2.75) is 116 Å². The Hall–Kier alpha value is 0. The summed E-state index contributed by atoms with van der Waals surface area (Å²) in [5, 5.41) is 0. The van der Waals surface area contributed by atoms with Crippen molar-refractivity contribution in [3.63, 3.8) is 0 Å². The Morgan fingerprint density at radius 2 is 0.588 bits per heavy atom. The predicted octanol–water partition coefficient (Wildman–Crippen LogP) is 8.35. The largest absolute Gasteiger partial charge is 0.0776 e. The van der Waals surface area contributed by atoms with Crippen LogP contribution < -0.4 is 0 Å². The summed E-state index contributed by atoms with van der Waals surface area (Å²) < 4.78 is 13.7. The lowest BCUT2D eigenvalue weighted by Gasteiger charge is -1.68. The molecular formula is C17H48. The van der Waals surface area contributed by atoms with Gasteiger partial charge >= 0.3 is 0 Å². The molecule has 0 saturated heterocycles. The summed E-state index contributed by atoms with van der Waals surface area (Å²) in [6.45, 7) is 16.3. The van der Waals surface area contributed by atoms with Crippen molar-refractivity contribution >= 4 is 0 Å². The van der Waals surface area contributed by atoms with Gasteiger partial charge < -0.3 is 0 Å². The van der Waals surface area contributed by atoms with Gasteiger partial charge in [-0.05, 0) is 0 Å². The molecule has 2 atom stereocenters. The zero-order valence-electron chi connectivity index (χ0n) is 14.0. The van der Waals surface area contributed by atoms with Gasteiger partial charge in [0, 0.05) is 2.74 Å². The van der Waals surface area contributed by atoms with E-state index in [-0.39, 0.29) is 35.1 Å². The number of rotatable bonds is 2. The van der Waals surface area contributed by atoms with Crippen LogP contribution in [0.25, 0.3) is 0 Å². The average Bonchev–Trinajstić information content (AvgIpc) is 2.21. The maximum Gasteiger partial charge on any atom is 0.0264 e. The van der Waals surface area contributed by atoms with Crippen molar-refractivity contribution in [3.05, 3.63) is 0 Å². The lowest BCUT2D eigenvalue weighted by Crippen LogP contribution is -1.47. The molecule has 0 heteroatoms. The highest BCUT2D eigenvalue weighted by molar-refractivity contribution is 4.13. The van der Waals surface area contributed by atoms with E-state index < -0.39 is 0 Å². The van der Waals surface area contributed by atoms with E-state index in [1.807, 2.05) is 27.7 Å². The van der Waals surface area contributed by atoms with Gasteiger partial charge in [0.2, 0.25) is 0 Å². The number of hydrogen-bond donors (Lipinski definition) is 0. The van der Waals surface area contributed by atoms with Gasteiger partial charge in [-0.25, -0.2) is 0 Å². The molecule has 0 aliphatic carbocycles. The molecule has 0 aliphatic heterocycles. The smallest absolute Gasteiger partial charge is 0.0264 e. The van der Waals surface area contributed by atoms with Crippen LogP contribution in [0.5, 0.6) is 0 Å². The molecular weight excluding hydrogens is 204 g/mol. The third kappa shape index (κ3) is 784. The van der Waals surface area contributed by atoms with Gasteiger partial charge in [0.25, 0.3) is 0 Å². The molecule has 0 aromatic heterocycles. The van der Waals surface area contributed by atoms with E-state index in [1.54, 1.807) is 0 Å². The molecule has 2 unspecified atom stereocenters. The molecule has 0 fully saturated rings. The van der Waals surface area contributed by atoms with E-state index in [1.165, 1.54) is 12.8 Å². The van der Waals surface area contributed by atoms with Crippen LogP contribution >= 0.6 is 0 Å². The van der Waals surface area contributed by atoms with Crippen molar-refractivity contribution in [1.29, 1.82) is 0 Å². The van der Waals surface area contributed by atoms with E-state index in [2.05, 4.69) is 27.7 Å². The highest BCUT2D eigenvalue weighted by atomic mass is 13.6. The van der Waals surface area contributed by atoms with Gasteiger partial charge in [-0.15, -0.1) is 0 Å².